The van der Waals surface area contributed by atoms with E-state index in [1.165, 1.54) is 0 Å². The van der Waals surface area contributed by atoms with Crippen LogP contribution in [0, 0.1) is 0 Å². The van der Waals surface area contributed by atoms with Crippen LogP contribution in [0.25, 0.3) is 17.0 Å². The number of rotatable bonds is 3. The second-order valence-electron chi connectivity index (χ2n) is 4.64. The van der Waals surface area contributed by atoms with Crippen LogP contribution in [-0.4, -0.2) is 25.1 Å². The van der Waals surface area contributed by atoms with Gasteiger partial charge in [-0.1, -0.05) is 25.4 Å². The molecule has 2 aromatic heterocycles. The van der Waals surface area contributed by atoms with E-state index in [-0.39, 0.29) is 0 Å². The summed E-state index contributed by atoms with van der Waals surface area (Å²) in [6.07, 6.45) is 0. The molecule has 0 radical (unpaired) electrons. The Labute approximate surface area is 126 Å². The Morgan fingerprint density at radius 3 is 2.50 bits per heavy atom. The van der Waals surface area contributed by atoms with Gasteiger partial charge in [0.25, 0.3) is 0 Å². The van der Waals surface area contributed by atoms with Crippen molar-refractivity contribution in [2.75, 3.05) is 0 Å². The van der Waals surface area contributed by atoms with Crippen molar-refractivity contribution in [2.45, 2.75) is 24.1 Å². The van der Waals surface area contributed by atoms with Gasteiger partial charge in [-0.25, -0.2) is 0 Å². The third-order valence-corrected chi connectivity index (χ3v) is 3.88. The summed E-state index contributed by atoms with van der Waals surface area (Å²) >= 11 is 7.63. The molecule has 0 N–H and O–H groups in total. The molecule has 0 fully saturated rings. The molecule has 0 spiro atoms. The number of halogens is 1. The molecule has 3 rings (SSSR count). The molecular weight excluding hydrogens is 292 g/mol. The van der Waals surface area contributed by atoms with Gasteiger partial charge in [-0.05, 0) is 36.4 Å². The van der Waals surface area contributed by atoms with E-state index in [1.54, 1.807) is 16.3 Å². The number of thioether (sulfide) groups is 1. The van der Waals surface area contributed by atoms with Gasteiger partial charge in [0, 0.05) is 15.8 Å². The van der Waals surface area contributed by atoms with Crippen LogP contribution in [0.4, 0.5) is 0 Å². The van der Waals surface area contributed by atoms with Gasteiger partial charge in [-0.15, -0.1) is 22.0 Å². The number of benzene rings is 1. The Morgan fingerprint density at radius 2 is 1.80 bits per heavy atom. The van der Waals surface area contributed by atoms with Crippen LogP contribution >= 0.6 is 23.4 Å². The normalized spacial score (nSPS) is 11.4. The summed E-state index contributed by atoms with van der Waals surface area (Å²) in [4.78, 5) is 0. The average molecular weight is 305 g/mol. The molecular formula is C14H13ClN4S. The first kappa shape index (κ1) is 13.4. The fourth-order valence-electron chi connectivity index (χ4n) is 1.86. The van der Waals surface area contributed by atoms with Gasteiger partial charge in [-0.3, -0.25) is 0 Å². The maximum absolute atomic E-state index is 5.91. The summed E-state index contributed by atoms with van der Waals surface area (Å²) < 4.78 is 1.77. The van der Waals surface area contributed by atoms with Crippen molar-refractivity contribution < 1.29 is 0 Å². The number of hydrogen-bond donors (Lipinski definition) is 0. The van der Waals surface area contributed by atoms with Crippen molar-refractivity contribution in [1.82, 2.24) is 19.8 Å². The lowest BCUT2D eigenvalue weighted by atomic mass is 10.2. The molecule has 3 aromatic rings. The quantitative estimate of drug-likeness (QED) is 0.687. The molecule has 1 aromatic carbocycles. The van der Waals surface area contributed by atoms with E-state index in [4.69, 9.17) is 11.6 Å². The van der Waals surface area contributed by atoms with Crippen LogP contribution in [0.15, 0.2) is 41.4 Å². The van der Waals surface area contributed by atoms with Crippen LogP contribution in [0.2, 0.25) is 5.02 Å². The number of hydrogen-bond acceptors (Lipinski definition) is 4. The predicted octanol–water partition coefficient (Wildman–Crippen LogP) is 3.95. The van der Waals surface area contributed by atoms with Crippen LogP contribution in [0.3, 0.4) is 0 Å². The van der Waals surface area contributed by atoms with Gasteiger partial charge in [0.1, 0.15) is 5.03 Å². The summed E-state index contributed by atoms with van der Waals surface area (Å²) in [5, 5.41) is 15.1. The van der Waals surface area contributed by atoms with E-state index in [0.29, 0.717) is 10.3 Å². The van der Waals surface area contributed by atoms with Crippen LogP contribution in [0.5, 0.6) is 0 Å². The number of aromatic nitrogens is 4. The zero-order valence-electron chi connectivity index (χ0n) is 11.1. The SMILES string of the molecule is CC(C)Sc1ccc2nnc(-c3ccc(Cl)cc3)n2n1. The molecule has 0 atom stereocenters. The highest BCUT2D eigenvalue weighted by atomic mass is 35.5. The minimum Gasteiger partial charge on any atom is -0.192 e. The molecule has 0 aliphatic carbocycles. The molecule has 102 valence electrons. The molecule has 0 amide bonds. The van der Waals surface area contributed by atoms with Crippen molar-refractivity contribution in [3.63, 3.8) is 0 Å². The fourth-order valence-corrected chi connectivity index (χ4v) is 2.74. The molecule has 0 unspecified atom stereocenters. The Morgan fingerprint density at radius 1 is 1.05 bits per heavy atom. The third kappa shape index (κ3) is 2.64. The Hall–Kier alpha value is -1.59. The van der Waals surface area contributed by atoms with Crippen LogP contribution in [0.1, 0.15) is 13.8 Å². The van der Waals surface area contributed by atoms with E-state index in [9.17, 15) is 0 Å². The first-order valence-corrected chi connectivity index (χ1v) is 7.54. The molecule has 0 aliphatic rings. The van der Waals surface area contributed by atoms with E-state index in [0.717, 1.165) is 22.1 Å². The summed E-state index contributed by atoms with van der Waals surface area (Å²) in [5.41, 5.74) is 1.68. The maximum Gasteiger partial charge on any atom is 0.185 e. The van der Waals surface area contributed by atoms with Gasteiger partial charge in [0.05, 0.1) is 0 Å². The summed E-state index contributed by atoms with van der Waals surface area (Å²) in [6, 6.07) is 11.4. The molecule has 20 heavy (non-hydrogen) atoms. The van der Waals surface area contributed by atoms with Gasteiger partial charge in [0.2, 0.25) is 0 Å². The summed E-state index contributed by atoms with van der Waals surface area (Å²) in [6.45, 7) is 4.28. The monoisotopic (exact) mass is 304 g/mol. The largest absolute Gasteiger partial charge is 0.192 e. The first-order chi connectivity index (χ1) is 9.63. The Bertz CT molecular complexity index is 737. The van der Waals surface area contributed by atoms with Crippen LogP contribution < -0.4 is 0 Å². The van der Waals surface area contributed by atoms with Crippen molar-refractivity contribution in [1.29, 1.82) is 0 Å². The topological polar surface area (TPSA) is 43.1 Å². The summed E-state index contributed by atoms with van der Waals surface area (Å²) in [7, 11) is 0. The third-order valence-electron chi connectivity index (χ3n) is 2.70. The van der Waals surface area contributed by atoms with Crippen molar-refractivity contribution in [3.05, 3.63) is 41.4 Å². The van der Waals surface area contributed by atoms with E-state index in [1.807, 2.05) is 36.4 Å². The van der Waals surface area contributed by atoms with E-state index < -0.39 is 0 Å². The molecule has 0 aliphatic heterocycles. The number of fused-ring (bicyclic) bond motifs is 1. The highest BCUT2D eigenvalue weighted by molar-refractivity contribution is 7.99. The van der Waals surface area contributed by atoms with Crippen molar-refractivity contribution in [2.24, 2.45) is 0 Å². The van der Waals surface area contributed by atoms with E-state index >= 15 is 0 Å². The van der Waals surface area contributed by atoms with Gasteiger partial charge in [-0.2, -0.15) is 9.61 Å². The summed E-state index contributed by atoms with van der Waals surface area (Å²) in [5.74, 6) is 0.725. The van der Waals surface area contributed by atoms with Gasteiger partial charge < -0.3 is 0 Å². The predicted molar refractivity (Wildman–Crippen MR) is 82.2 cm³/mol. The average Bonchev–Trinajstić information content (AvgIpc) is 2.82. The lowest BCUT2D eigenvalue weighted by Crippen LogP contribution is -1.98. The lowest BCUT2D eigenvalue weighted by Gasteiger charge is -2.05. The molecule has 6 heteroatoms. The molecule has 2 heterocycles. The lowest BCUT2D eigenvalue weighted by molar-refractivity contribution is 0.857. The maximum atomic E-state index is 5.91. The van der Waals surface area contributed by atoms with Crippen molar-refractivity contribution >= 4 is 29.0 Å². The molecule has 0 bridgehead atoms. The van der Waals surface area contributed by atoms with Crippen LogP contribution in [-0.2, 0) is 0 Å². The fraction of sp³-hybridized carbons (Fsp3) is 0.214. The van der Waals surface area contributed by atoms with Crippen molar-refractivity contribution in [3.8, 4) is 11.4 Å². The van der Waals surface area contributed by atoms with Gasteiger partial charge >= 0.3 is 0 Å². The Kier molecular flexibility index (Phi) is 3.63. The highest BCUT2D eigenvalue weighted by Crippen LogP contribution is 2.23. The molecule has 0 saturated heterocycles. The highest BCUT2D eigenvalue weighted by Gasteiger charge is 2.10. The Balaban J connectivity index is 2.09. The minimum absolute atomic E-state index is 0.482. The second kappa shape index (κ2) is 5.42. The zero-order valence-corrected chi connectivity index (χ0v) is 12.7. The minimum atomic E-state index is 0.482. The smallest absolute Gasteiger partial charge is 0.185 e. The number of nitrogens with zero attached hydrogens (tertiary/aromatic N) is 4. The molecule has 4 nitrogen and oxygen atoms in total. The van der Waals surface area contributed by atoms with E-state index in [2.05, 4.69) is 29.1 Å². The second-order valence-corrected chi connectivity index (χ2v) is 6.67. The standard InChI is InChI=1S/C14H13ClN4S/c1-9(2)20-13-8-7-12-16-17-14(19(12)18-13)10-3-5-11(15)6-4-10/h3-9H,1-2H3. The molecule has 0 saturated carbocycles. The van der Waals surface area contributed by atoms with Gasteiger partial charge in [0.15, 0.2) is 11.5 Å². The zero-order chi connectivity index (χ0) is 14.1. The first-order valence-electron chi connectivity index (χ1n) is 6.28.